The summed E-state index contributed by atoms with van der Waals surface area (Å²) < 4.78 is 1.06. The Bertz CT molecular complexity index is 382. The van der Waals surface area contributed by atoms with Gasteiger partial charge in [-0.05, 0) is 56.0 Å². The van der Waals surface area contributed by atoms with Crippen LogP contribution in [-0.4, -0.2) is 18.9 Å². The molecule has 1 N–H and O–H groups in total. The van der Waals surface area contributed by atoms with Gasteiger partial charge in [0, 0.05) is 17.3 Å². The van der Waals surface area contributed by atoms with Crippen LogP contribution in [0.4, 0.5) is 0 Å². The predicted molar refractivity (Wildman–Crippen MR) is 77.7 cm³/mol. The maximum Gasteiger partial charge on any atom is 0.137 e. The third-order valence-corrected chi connectivity index (χ3v) is 4.07. The Morgan fingerprint density at radius 2 is 2.11 bits per heavy atom. The molecule has 1 aliphatic rings. The zero-order valence-corrected chi connectivity index (χ0v) is 12.2. The van der Waals surface area contributed by atoms with Crippen molar-refractivity contribution in [1.82, 2.24) is 5.32 Å². The van der Waals surface area contributed by atoms with Gasteiger partial charge in [0.15, 0.2) is 0 Å². The van der Waals surface area contributed by atoms with Crippen LogP contribution in [0.1, 0.15) is 31.2 Å². The summed E-state index contributed by atoms with van der Waals surface area (Å²) in [7, 11) is 0. The normalized spacial score (nSPS) is 19.7. The zero-order valence-electron chi connectivity index (χ0n) is 10.6. The quantitative estimate of drug-likeness (QED) is 0.904. The number of nitrogens with one attached hydrogen (secondary N) is 1. The smallest absolute Gasteiger partial charge is 0.137 e. The summed E-state index contributed by atoms with van der Waals surface area (Å²) in [4.78, 5) is 11.9. The van der Waals surface area contributed by atoms with Crippen LogP contribution in [0.3, 0.4) is 0 Å². The number of Topliss-reactive ketones (excluding diaryl/α,β-unsaturated/α-hetero) is 1. The molecule has 1 heterocycles. The van der Waals surface area contributed by atoms with Crippen LogP contribution < -0.4 is 5.32 Å². The van der Waals surface area contributed by atoms with Crippen LogP contribution in [0.2, 0.25) is 0 Å². The molecule has 1 saturated heterocycles. The van der Waals surface area contributed by atoms with E-state index in [0.717, 1.165) is 36.0 Å². The van der Waals surface area contributed by atoms with Crippen LogP contribution in [0.5, 0.6) is 0 Å². The van der Waals surface area contributed by atoms with Gasteiger partial charge in [-0.3, -0.25) is 4.79 Å². The molecule has 1 aliphatic heterocycles. The molecule has 0 aromatic heterocycles. The van der Waals surface area contributed by atoms with E-state index in [4.69, 9.17) is 0 Å². The first-order valence-corrected chi connectivity index (χ1v) is 7.50. The molecule has 1 atom stereocenters. The van der Waals surface area contributed by atoms with Gasteiger partial charge >= 0.3 is 0 Å². The number of ketones is 1. The Hall–Kier alpha value is -0.670. The van der Waals surface area contributed by atoms with Gasteiger partial charge in [0.1, 0.15) is 5.78 Å². The molecule has 0 amide bonds. The molecular formula is C15H20BrNO. The highest BCUT2D eigenvalue weighted by Crippen LogP contribution is 2.17. The molecule has 18 heavy (non-hydrogen) atoms. The second-order valence-electron chi connectivity index (χ2n) is 5.09. The number of benzene rings is 1. The summed E-state index contributed by atoms with van der Waals surface area (Å²) in [5.41, 5.74) is 1.12. The third-order valence-electron chi connectivity index (χ3n) is 3.54. The number of piperidine rings is 1. The third kappa shape index (κ3) is 4.54. The van der Waals surface area contributed by atoms with Gasteiger partial charge in [-0.15, -0.1) is 0 Å². The molecule has 0 bridgehead atoms. The molecule has 1 aromatic rings. The van der Waals surface area contributed by atoms with Gasteiger partial charge in [-0.2, -0.15) is 0 Å². The highest BCUT2D eigenvalue weighted by Gasteiger charge is 2.14. The van der Waals surface area contributed by atoms with Crippen molar-refractivity contribution in [1.29, 1.82) is 0 Å². The number of rotatable bonds is 5. The fraction of sp³-hybridized carbons (Fsp3) is 0.533. The van der Waals surface area contributed by atoms with Crippen molar-refractivity contribution in [2.24, 2.45) is 5.92 Å². The van der Waals surface area contributed by atoms with Gasteiger partial charge in [-0.1, -0.05) is 28.1 Å². The maximum absolute atomic E-state index is 11.9. The van der Waals surface area contributed by atoms with E-state index in [0.29, 0.717) is 18.1 Å². The Labute approximate surface area is 117 Å². The lowest BCUT2D eigenvalue weighted by molar-refractivity contribution is -0.118. The fourth-order valence-electron chi connectivity index (χ4n) is 2.45. The molecule has 3 heteroatoms. The minimum Gasteiger partial charge on any atom is -0.316 e. The maximum atomic E-state index is 11.9. The molecule has 0 saturated carbocycles. The van der Waals surface area contributed by atoms with Gasteiger partial charge in [0.2, 0.25) is 0 Å². The first-order valence-electron chi connectivity index (χ1n) is 6.71. The lowest BCUT2D eigenvalue weighted by Crippen LogP contribution is -2.30. The minimum absolute atomic E-state index is 0.364. The highest BCUT2D eigenvalue weighted by atomic mass is 79.9. The van der Waals surface area contributed by atoms with Crippen LogP contribution in [0.15, 0.2) is 28.7 Å². The van der Waals surface area contributed by atoms with Gasteiger partial charge in [0.25, 0.3) is 0 Å². The van der Waals surface area contributed by atoms with Crippen LogP contribution >= 0.6 is 15.9 Å². The van der Waals surface area contributed by atoms with Gasteiger partial charge in [-0.25, -0.2) is 0 Å². The summed E-state index contributed by atoms with van der Waals surface area (Å²) >= 11 is 3.40. The lowest BCUT2D eigenvalue weighted by atomic mass is 9.92. The minimum atomic E-state index is 0.364. The van der Waals surface area contributed by atoms with Crippen LogP contribution in [0, 0.1) is 5.92 Å². The van der Waals surface area contributed by atoms with E-state index < -0.39 is 0 Å². The van der Waals surface area contributed by atoms with Crippen LogP contribution in [-0.2, 0) is 11.2 Å². The van der Waals surface area contributed by atoms with E-state index >= 15 is 0 Å². The first kappa shape index (κ1) is 13.8. The average molecular weight is 310 g/mol. The molecular weight excluding hydrogens is 290 g/mol. The molecule has 98 valence electrons. The summed E-state index contributed by atoms with van der Waals surface area (Å²) in [6, 6.07) is 8.02. The first-order chi connectivity index (χ1) is 8.74. The van der Waals surface area contributed by atoms with Crippen molar-refractivity contribution in [3.8, 4) is 0 Å². The molecule has 0 spiro atoms. The van der Waals surface area contributed by atoms with Crippen molar-refractivity contribution in [3.63, 3.8) is 0 Å². The van der Waals surface area contributed by atoms with Crippen LogP contribution in [0.25, 0.3) is 0 Å². The van der Waals surface area contributed by atoms with Crippen molar-refractivity contribution in [2.45, 2.75) is 32.1 Å². The number of hydrogen-bond donors (Lipinski definition) is 1. The Kier molecular flexibility index (Phi) is 5.39. The lowest BCUT2D eigenvalue weighted by Gasteiger charge is -2.22. The zero-order chi connectivity index (χ0) is 12.8. The molecule has 0 radical (unpaired) electrons. The van der Waals surface area contributed by atoms with Gasteiger partial charge in [0.05, 0.1) is 0 Å². The van der Waals surface area contributed by atoms with Crippen molar-refractivity contribution < 1.29 is 4.79 Å². The average Bonchev–Trinajstić information content (AvgIpc) is 2.40. The van der Waals surface area contributed by atoms with Gasteiger partial charge < -0.3 is 5.32 Å². The van der Waals surface area contributed by atoms with Crippen molar-refractivity contribution in [2.75, 3.05) is 13.1 Å². The number of halogens is 1. The monoisotopic (exact) mass is 309 g/mol. The molecule has 0 aliphatic carbocycles. The van der Waals surface area contributed by atoms with E-state index in [-0.39, 0.29) is 0 Å². The summed E-state index contributed by atoms with van der Waals surface area (Å²) in [6.07, 6.45) is 4.88. The van der Waals surface area contributed by atoms with Crippen molar-refractivity contribution in [3.05, 3.63) is 34.3 Å². The van der Waals surface area contributed by atoms with E-state index in [2.05, 4.69) is 21.2 Å². The second kappa shape index (κ2) is 7.05. The largest absolute Gasteiger partial charge is 0.316 e. The Morgan fingerprint density at radius 3 is 2.78 bits per heavy atom. The topological polar surface area (TPSA) is 29.1 Å². The summed E-state index contributed by atoms with van der Waals surface area (Å²) in [6.45, 7) is 2.23. The number of carbonyl (C=O) groups excluding carboxylic acids is 1. The molecule has 1 fully saturated rings. The van der Waals surface area contributed by atoms with E-state index in [1.807, 2.05) is 24.3 Å². The van der Waals surface area contributed by atoms with E-state index in [9.17, 15) is 4.79 Å². The molecule has 1 unspecified atom stereocenters. The predicted octanol–water partition coefficient (Wildman–Crippen LogP) is 3.34. The second-order valence-corrected chi connectivity index (χ2v) is 6.01. The van der Waals surface area contributed by atoms with E-state index in [1.54, 1.807) is 0 Å². The molecule has 1 aromatic carbocycles. The summed E-state index contributed by atoms with van der Waals surface area (Å²) in [5, 5.41) is 3.40. The van der Waals surface area contributed by atoms with Crippen molar-refractivity contribution >= 4 is 21.7 Å². The summed E-state index contributed by atoms with van der Waals surface area (Å²) in [5.74, 6) is 1.07. The molecule has 2 nitrogen and oxygen atoms in total. The molecule has 2 rings (SSSR count). The Morgan fingerprint density at radius 1 is 1.33 bits per heavy atom. The Balaban J connectivity index is 1.73. The standard InChI is InChI=1S/C15H20BrNO/c16-14-6-3-12(4-7-14)10-15(18)8-5-13-2-1-9-17-11-13/h3-4,6-7,13,17H,1-2,5,8-11H2. The number of carbonyl (C=O) groups is 1. The fourth-order valence-corrected chi connectivity index (χ4v) is 2.72. The van der Waals surface area contributed by atoms with E-state index in [1.165, 1.54) is 12.8 Å². The highest BCUT2D eigenvalue weighted by molar-refractivity contribution is 9.10. The SMILES string of the molecule is O=C(CCC1CCCNC1)Cc1ccc(Br)cc1. The number of hydrogen-bond acceptors (Lipinski definition) is 2.